The molecule has 0 saturated carbocycles. The molecule has 6 nitrogen and oxygen atoms in total. The molecule has 108 valence electrons. The Balaban J connectivity index is 1.94. The van der Waals surface area contributed by atoms with Gasteiger partial charge in [0, 0.05) is 18.9 Å². The Hall–Kier alpha value is -2.89. The standard InChI is InChI=1S/C15H15N3O3/c1-10-4-5-13(19)12(7-10)18-15(21)14(20)17-9-11-3-2-6-16-8-11/h2-8,19H,9H2,1H3,(H,17,20)(H,18,21). The van der Waals surface area contributed by atoms with Crippen LogP contribution in [0.5, 0.6) is 5.75 Å². The molecule has 0 radical (unpaired) electrons. The molecule has 2 amide bonds. The van der Waals surface area contributed by atoms with Crippen molar-refractivity contribution >= 4 is 17.5 Å². The Morgan fingerprint density at radius 2 is 2.05 bits per heavy atom. The number of amides is 2. The first-order valence-corrected chi connectivity index (χ1v) is 6.34. The van der Waals surface area contributed by atoms with E-state index in [1.807, 2.05) is 6.92 Å². The molecule has 0 saturated heterocycles. The van der Waals surface area contributed by atoms with Gasteiger partial charge in [-0.05, 0) is 36.2 Å². The number of carbonyl (C=O) groups excluding carboxylic acids is 2. The molecule has 0 aliphatic carbocycles. The summed E-state index contributed by atoms with van der Waals surface area (Å²) in [4.78, 5) is 27.4. The number of phenolic OH excluding ortho intramolecular Hbond substituents is 1. The Bertz CT molecular complexity index is 656. The van der Waals surface area contributed by atoms with Crippen molar-refractivity contribution in [1.82, 2.24) is 10.3 Å². The molecule has 0 fully saturated rings. The Morgan fingerprint density at radius 1 is 1.24 bits per heavy atom. The monoisotopic (exact) mass is 285 g/mol. The van der Waals surface area contributed by atoms with Crippen LogP contribution in [0.1, 0.15) is 11.1 Å². The van der Waals surface area contributed by atoms with Gasteiger partial charge in [0.15, 0.2) is 0 Å². The fourth-order valence-electron chi connectivity index (χ4n) is 1.69. The molecule has 0 spiro atoms. The molecule has 1 aromatic carbocycles. The second-order valence-electron chi connectivity index (χ2n) is 4.52. The van der Waals surface area contributed by atoms with Crippen LogP contribution in [0.2, 0.25) is 0 Å². The molecule has 1 heterocycles. The van der Waals surface area contributed by atoms with E-state index < -0.39 is 11.8 Å². The van der Waals surface area contributed by atoms with Crippen LogP contribution < -0.4 is 10.6 Å². The number of hydrogen-bond acceptors (Lipinski definition) is 4. The minimum Gasteiger partial charge on any atom is -0.506 e. The minimum atomic E-state index is -0.834. The summed E-state index contributed by atoms with van der Waals surface area (Å²) >= 11 is 0. The van der Waals surface area contributed by atoms with Crippen molar-refractivity contribution in [2.75, 3.05) is 5.32 Å². The third-order valence-electron chi connectivity index (χ3n) is 2.78. The number of rotatable bonds is 3. The largest absolute Gasteiger partial charge is 0.506 e. The number of benzene rings is 1. The molecule has 1 aromatic heterocycles. The van der Waals surface area contributed by atoms with Crippen LogP contribution in [-0.4, -0.2) is 21.9 Å². The van der Waals surface area contributed by atoms with E-state index in [-0.39, 0.29) is 18.0 Å². The zero-order valence-corrected chi connectivity index (χ0v) is 11.5. The van der Waals surface area contributed by atoms with Gasteiger partial charge in [0.05, 0.1) is 5.69 Å². The van der Waals surface area contributed by atoms with Gasteiger partial charge in [-0.2, -0.15) is 0 Å². The van der Waals surface area contributed by atoms with Gasteiger partial charge in [-0.15, -0.1) is 0 Å². The van der Waals surface area contributed by atoms with E-state index >= 15 is 0 Å². The van der Waals surface area contributed by atoms with Crippen molar-refractivity contribution in [2.24, 2.45) is 0 Å². The molecule has 0 bridgehead atoms. The summed E-state index contributed by atoms with van der Waals surface area (Å²) in [6.07, 6.45) is 3.23. The quantitative estimate of drug-likeness (QED) is 0.586. The summed E-state index contributed by atoms with van der Waals surface area (Å²) in [5, 5.41) is 14.5. The van der Waals surface area contributed by atoms with Crippen molar-refractivity contribution in [3.8, 4) is 5.75 Å². The van der Waals surface area contributed by atoms with Crippen LogP contribution >= 0.6 is 0 Å². The number of pyridine rings is 1. The summed E-state index contributed by atoms with van der Waals surface area (Å²) in [5.74, 6) is -1.70. The van der Waals surface area contributed by atoms with E-state index in [0.29, 0.717) is 0 Å². The molecule has 0 aliphatic rings. The predicted octanol–water partition coefficient (Wildman–Crippen LogP) is 1.35. The van der Waals surface area contributed by atoms with Crippen LogP contribution in [0.25, 0.3) is 0 Å². The van der Waals surface area contributed by atoms with E-state index in [4.69, 9.17) is 0 Å². The highest BCUT2D eigenvalue weighted by Gasteiger charge is 2.15. The summed E-state index contributed by atoms with van der Waals surface area (Å²) in [6.45, 7) is 2.03. The van der Waals surface area contributed by atoms with E-state index in [1.54, 1.807) is 36.7 Å². The highest BCUT2D eigenvalue weighted by molar-refractivity contribution is 6.39. The number of aromatic hydroxyl groups is 1. The molecule has 0 unspecified atom stereocenters. The van der Waals surface area contributed by atoms with Crippen molar-refractivity contribution in [2.45, 2.75) is 13.5 Å². The van der Waals surface area contributed by atoms with Crippen molar-refractivity contribution in [3.05, 3.63) is 53.9 Å². The molecular formula is C15H15N3O3. The molecule has 2 aromatic rings. The number of phenols is 1. The first kappa shape index (κ1) is 14.5. The number of carbonyl (C=O) groups is 2. The molecule has 2 rings (SSSR count). The van der Waals surface area contributed by atoms with Crippen molar-refractivity contribution in [1.29, 1.82) is 0 Å². The first-order valence-electron chi connectivity index (χ1n) is 6.34. The third kappa shape index (κ3) is 4.04. The zero-order chi connectivity index (χ0) is 15.2. The number of nitrogens with one attached hydrogen (secondary N) is 2. The van der Waals surface area contributed by atoms with Gasteiger partial charge < -0.3 is 15.7 Å². The van der Waals surface area contributed by atoms with Crippen molar-refractivity contribution < 1.29 is 14.7 Å². The summed E-state index contributed by atoms with van der Waals surface area (Å²) in [5.41, 5.74) is 1.85. The average Bonchev–Trinajstić information content (AvgIpc) is 2.49. The first-order chi connectivity index (χ1) is 10.1. The van der Waals surface area contributed by atoms with E-state index in [1.165, 1.54) is 6.07 Å². The molecular weight excluding hydrogens is 270 g/mol. The summed E-state index contributed by atoms with van der Waals surface area (Å²) < 4.78 is 0. The number of nitrogens with zero attached hydrogens (tertiary/aromatic N) is 1. The highest BCUT2D eigenvalue weighted by atomic mass is 16.3. The molecule has 0 aliphatic heterocycles. The zero-order valence-electron chi connectivity index (χ0n) is 11.5. The number of hydrogen-bond donors (Lipinski definition) is 3. The molecule has 6 heteroatoms. The lowest BCUT2D eigenvalue weighted by atomic mass is 10.2. The van der Waals surface area contributed by atoms with Crippen LogP contribution in [0.4, 0.5) is 5.69 Å². The van der Waals surface area contributed by atoms with Crippen LogP contribution in [-0.2, 0) is 16.1 Å². The lowest BCUT2D eigenvalue weighted by Crippen LogP contribution is -2.35. The second-order valence-corrected chi connectivity index (χ2v) is 4.52. The molecule has 3 N–H and O–H groups in total. The number of anilines is 1. The topological polar surface area (TPSA) is 91.3 Å². The maximum Gasteiger partial charge on any atom is 0.313 e. The SMILES string of the molecule is Cc1ccc(O)c(NC(=O)C(=O)NCc2cccnc2)c1. The van der Waals surface area contributed by atoms with Gasteiger partial charge in [-0.25, -0.2) is 0 Å². The normalized spacial score (nSPS) is 9.95. The Kier molecular flexibility index (Phi) is 4.50. The molecule has 21 heavy (non-hydrogen) atoms. The second kappa shape index (κ2) is 6.51. The van der Waals surface area contributed by atoms with E-state index in [2.05, 4.69) is 15.6 Å². The average molecular weight is 285 g/mol. The van der Waals surface area contributed by atoms with Gasteiger partial charge in [0.1, 0.15) is 5.75 Å². The number of aromatic nitrogens is 1. The van der Waals surface area contributed by atoms with Gasteiger partial charge in [0.25, 0.3) is 0 Å². The van der Waals surface area contributed by atoms with Crippen LogP contribution in [0.3, 0.4) is 0 Å². The Labute approximate surface area is 121 Å². The number of aryl methyl sites for hydroxylation is 1. The Morgan fingerprint density at radius 3 is 2.76 bits per heavy atom. The molecule has 0 atom stereocenters. The van der Waals surface area contributed by atoms with E-state index in [0.717, 1.165) is 11.1 Å². The van der Waals surface area contributed by atoms with Crippen LogP contribution in [0, 0.1) is 6.92 Å². The van der Waals surface area contributed by atoms with Gasteiger partial charge >= 0.3 is 11.8 Å². The highest BCUT2D eigenvalue weighted by Crippen LogP contribution is 2.23. The minimum absolute atomic E-state index is 0.0889. The van der Waals surface area contributed by atoms with E-state index in [9.17, 15) is 14.7 Å². The van der Waals surface area contributed by atoms with Crippen molar-refractivity contribution in [3.63, 3.8) is 0 Å². The fourth-order valence-corrected chi connectivity index (χ4v) is 1.69. The van der Waals surface area contributed by atoms with Gasteiger partial charge in [-0.3, -0.25) is 14.6 Å². The fraction of sp³-hybridized carbons (Fsp3) is 0.133. The lowest BCUT2D eigenvalue weighted by Gasteiger charge is -2.08. The smallest absolute Gasteiger partial charge is 0.313 e. The lowest BCUT2D eigenvalue weighted by molar-refractivity contribution is -0.136. The van der Waals surface area contributed by atoms with Gasteiger partial charge in [-0.1, -0.05) is 12.1 Å². The summed E-state index contributed by atoms with van der Waals surface area (Å²) in [7, 11) is 0. The van der Waals surface area contributed by atoms with Gasteiger partial charge in [0.2, 0.25) is 0 Å². The third-order valence-corrected chi connectivity index (χ3v) is 2.78. The van der Waals surface area contributed by atoms with Crippen LogP contribution in [0.15, 0.2) is 42.7 Å². The predicted molar refractivity (Wildman–Crippen MR) is 77.6 cm³/mol. The summed E-state index contributed by atoms with van der Waals surface area (Å²) in [6, 6.07) is 8.28. The maximum absolute atomic E-state index is 11.7. The maximum atomic E-state index is 11.7.